The zero-order valence-electron chi connectivity index (χ0n) is 8.46. The van der Waals surface area contributed by atoms with Crippen molar-refractivity contribution in [1.82, 2.24) is 15.2 Å². The smallest absolute Gasteiger partial charge is 0.258 e. The Bertz CT molecular complexity index is 532. The molecular weight excluding hydrogens is 247 g/mol. The first-order valence-corrected chi connectivity index (χ1v) is 5.57. The molecule has 8 heteroatoms. The summed E-state index contributed by atoms with van der Waals surface area (Å²) in [7, 11) is 0. The number of benzene rings is 1. The van der Waals surface area contributed by atoms with Crippen molar-refractivity contribution in [2.75, 3.05) is 0 Å². The van der Waals surface area contributed by atoms with E-state index in [9.17, 15) is 14.5 Å². The third-order valence-electron chi connectivity index (χ3n) is 2.04. The Hall–Kier alpha value is -1.96. The van der Waals surface area contributed by atoms with E-state index in [2.05, 4.69) is 15.2 Å². The third kappa shape index (κ3) is 2.59. The minimum absolute atomic E-state index is 0.0545. The first kappa shape index (κ1) is 11.5. The fourth-order valence-electron chi connectivity index (χ4n) is 1.27. The number of rotatable bonds is 4. The van der Waals surface area contributed by atoms with Gasteiger partial charge in [0.15, 0.2) is 5.16 Å². The topological polar surface area (TPSA) is 84.7 Å². The van der Waals surface area contributed by atoms with Crippen molar-refractivity contribution in [3.05, 3.63) is 46.0 Å². The molecule has 0 bridgehead atoms. The Morgan fingerprint density at radius 2 is 2.35 bits per heavy atom. The van der Waals surface area contributed by atoms with Gasteiger partial charge in [0.05, 0.1) is 10.5 Å². The molecule has 1 heterocycles. The van der Waals surface area contributed by atoms with Crippen molar-refractivity contribution in [3.8, 4) is 0 Å². The second-order valence-electron chi connectivity index (χ2n) is 3.07. The molecule has 0 amide bonds. The first-order chi connectivity index (χ1) is 8.18. The van der Waals surface area contributed by atoms with Gasteiger partial charge in [0.2, 0.25) is 0 Å². The summed E-state index contributed by atoms with van der Waals surface area (Å²) in [5, 5.41) is 17.4. The van der Waals surface area contributed by atoms with Crippen LogP contribution in [0.5, 0.6) is 0 Å². The van der Waals surface area contributed by atoms with Crippen LogP contribution in [0.4, 0.5) is 10.1 Å². The summed E-state index contributed by atoms with van der Waals surface area (Å²) >= 11 is 1.15. The standard InChI is InChI=1S/C9H7FN4O2S/c10-7-2-1-3-8(14(15)16)6(7)4-17-9-11-5-12-13-9/h1-3,5H,4H2,(H,11,12,13). The molecule has 0 radical (unpaired) electrons. The van der Waals surface area contributed by atoms with Gasteiger partial charge < -0.3 is 0 Å². The Morgan fingerprint density at radius 3 is 3.00 bits per heavy atom. The van der Waals surface area contributed by atoms with E-state index in [0.29, 0.717) is 5.16 Å². The summed E-state index contributed by atoms with van der Waals surface area (Å²) in [5.74, 6) is -0.468. The lowest BCUT2D eigenvalue weighted by atomic mass is 10.2. The molecule has 88 valence electrons. The molecule has 2 aromatic rings. The van der Waals surface area contributed by atoms with E-state index < -0.39 is 10.7 Å². The van der Waals surface area contributed by atoms with E-state index >= 15 is 0 Å². The molecule has 0 saturated carbocycles. The minimum atomic E-state index is -0.598. The minimum Gasteiger partial charge on any atom is -0.258 e. The van der Waals surface area contributed by atoms with Crippen LogP contribution in [0.3, 0.4) is 0 Å². The van der Waals surface area contributed by atoms with E-state index in [0.717, 1.165) is 11.8 Å². The van der Waals surface area contributed by atoms with Gasteiger partial charge in [0.1, 0.15) is 12.1 Å². The van der Waals surface area contributed by atoms with Crippen molar-refractivity contribution < 1.29 is 9.31 Å². The SMILES string of the molecule is O=[N+]([O-])c1cccc(F)c1CSc1ncn[nH]1. The highest BCUT2D eigenvalue weighted by Gasteiger charge is 2.17. The second-order valence-corrected chi connectivity index (χ2v) is 4.04. The maximum Gasteiger partial charge on any atom is 0.276 e. The molecule has 0 spiro atoms. The molecule has 1 aromatic carbocycles. The van der Waals surface area contributed by atoms with Gasteiger partial charge in [0.25, 0.3) is 5.69 Å². The van der Waals surface area contributed by atoms with Crippen LogP contribution < -0.4 is 0 Å². The number of halogens is 1. The average Bonchev–Trinajstić information content (AvgIpc) is 2.80. The summed E-state index contributed by atoms with van der Waals surface area (Å²) in [6.07, 6.45) is 1.32. The highest BCUT2D eigenvalue weighted by atomic mass is 32.2. The quantitative estimate of drug-likeness (QED) is 0.513. The predicted octanol–water partition coefficient (Wildman–Crippen LogP) is 2.14. The van der Waals surface area contributed by atoms with Crippen LogP contribution in [0, 0.1) is 15.9 Å². The van der Waals surface area contributed by atoms with Crippen molar-refractivity contribution in [1.29, 1.82) is 0 Å². The molecule has 1 aromatic heterocycles. The largest absolute Gasteiger partial charge is 0.276 e. The molecule has 1 N–H and O–H groups in total. The number of nitrogens with zero attached hydrogens (tertiary/aromatic N) is 3. The van der Waals surface area contributed by atoms with Crippen LogP contribution >= 0.6 is 11.8 Å². The number of nitro benzene ring substituents is 1. The van der Waals surface area contributed by atoms with E-state index in [-0.39, 0.29) is 17.0 Å². The maximum atomic E-state index is 13.5. The van der Waals surface area contributed by atoms with Crippen molar-refractivity contribution in [3.63, 3.8) is 0 Å². The number of H-pyrrole nitrogens is 1. The molecule has 0 aliphatic rings. The Labute approximate surface area is 99.4 Å². The molecule has 17 heavy (non-hydrogen) atoms. The lowest BCUT2D eigenvalue weighted by molar-refractivity contribution is -0.385. The van der Waals surface area contributed by atoms with Crippen LogP contribution in [0.15, 0.2) is 29.7 Å². The zero-order chi connectivity index (χ0) is 12.3. The summed E-state index contributed by atoms with van der Waals surface area (Å²) < 4.78 is 13.5. The van der Waals surface area contributed by atoms with Crippen molar-refractivity contribution in [2.45, 2.75) is 10.9 Å². The lowest BCUT2D eigenvalue weighted by Crippen LogP contribution is -1.97. The van der Waals surface area contributed by atoms with Crippen LogP contribution in [0.25, 0.3) is 0 Å². The van der Waals surface area contributed by atoms with Gasteiger partial charge in [-0.15, -0.1) is 0 Å². The van der Waals surface area contributed by atoms with Gasteiger partial charge in [-0.05, 0) is 6.07 Å². The number of aromatic amines is 1. The zero-order valence-corrected chi connectivity index (χ0v) is 9.28. The molecular formula is C9H7FN4O2S. The van der Waals surface area contributed by atoms with Crippen LogP contribution in [-0.4, -0.2) is 20.1 Å². The Balaban J connectivity index is 2.22. The normalized spacial score (nSPS) is 10.4. The summed E-state index contributed by atoms with van der Waals surface area (Å²) in [6, 6.07) is 3.79. The highest BCUT2D eigenvalue weighted by molar-refractivity contribution is 7.98. The maximum absolute atomic E-state index is 13.5. The summed E-state index contributed by atoms with van der Waals surface area (Å²) in [5.41, 5.74) is -0.170. The molecule has 0 aliphatic carbocycles. The van der Waals surface area contributed by atoms with Crippen LogP contribution in [0.2, 0.25) is 0 Å². The fourth-order valence-corrected chi connectivity index (χ4v) is 2.07. The first-order valence-electron chi connectivity index (χ1n) is 4.58. The van der Waals surface area contributed by atoms with Crippen LogP contribution in [-0.2, 0) is 5.75 Å². The van der Waals surface area contributed by atoms with Crippen LogP contribution in [0.1, 0.15) is 5.56 Å². The van der Waals surface area contributed by atoms with Gasteiger partial charge in [-0.2, -0.15) is 5.10 Å². The molecule has 0 unspecified atom stereocenters. The fraction of sp³-hybridized carbons (Fsp3) is 0.111. The van der Waals surface area contributed by atoms with E-state index in [1.54, 1.807) is 0 Å². The van der Waals surface area contributed by atoms with Gasteiger partial charge >= 0.3 is 0 Å². The van der Waals surface area contributed by atoms with Gasteiger partial charge in [0, 0.05) is 11.8 Å². The second kappa shape index (κ2) is 4.91. The molecule has 0 saturated heterocycles. The van der Waals surface area contributed by atoms with E-state index in [4.69, 9.17) is 0 Å². The third-order valence-corrected chi connectivity index (χ3v) is 2.94. The molecule has 0 atom stereocenters. The number of aromatic nitrogens is 3. The predicted molar refractivity (Wildman–Crippen MR) is 59.0 cm³/mol. The Kier molecular flexibility index (Phi) is 3.33. The van der Waals surface area contributed by atoms with E-state index in [1.807, 2.05) is 0 Å². The molecule has 2 rings (SSSR count). The number of nitro groups is 1. The van der Waals surface area contributed by atoms with Crippen molar-refractivity contribution in [2.24, 2.45) is 0 Å². The van der Waals surface area contributed by atoms with Gasteiger partial charge in [-0.1, -0.05) is 17.8 Å². The molecule has 0 fully saturated rings. The summed E-state index contributed by atoms with van der Waals surface area (Å²) in [4.78, 5) is 14.0. The summed E-state index contributed by atoms with van der Waals surface area (Å²) in [6.45, 7) is 0. The number of hydrogen-bond donors (Lipinski definition) is 1. The molecule has 6 nitrogen and oxygen atoms in total. The van der Waals surface area contributed by atoms with Gasteiger partial charge in [-0.3, -0.25) is 15.2 Å². The number of hydrogen-bond acceptors (Lipinski definition) is 5. The lowest BCUT2D eigenvalue weighted by Gasteiger charge is -2.02. The van der Waals surface area contributed by atoms with Gasteiger partial charge in [-0.25, -0.2) is 9.37 Å². The highest BCUT2D eigenvalue weighted by Crippen LogP contribution is 2.27. The monoisotopic (exact) mass is 254 g/mol. The number of thioether (sulfide) groups is 1. The molecule has 0 aliphatic heterocycles. The Morgan fingerprint density at radius 1 is 1.53 bits per heavy atom. The average molecular weight is 254 g/mol. The van der Waals surface area contributed by atoms with E-state index in [1.165, 1.54) is 24.5 Å². The number of nitrogens with one attached hydrogen (secondary N) is 1. The van der Waals surface area contributed by atoms with Crippen molar-refractivity contribution >= 4 is 17.4 Å².